The molecular formula is C21H28N2. The minimum Gasteiger partial charge on any atom is -0.310 e. The molecule has 0 amide bonds. The van der Waals surface area contributed by atoms with Crippen LogP contribution in [0.3, 0.4) is 0 Å². The van der Waals surface area contributed by atoms with Crippen LogP contribution in [-0.4, -0.2) is 11.0 Å². The lowest BCUT2D eigenvalue weighted by atomic mass is 9.88. The van der Waals surface area contributed by atoms with Gasteiger partial charge in [-0.1, -0.05) is 24.5 Å². The van der Waals surface area contributed by atoms with Crippen LogP contribution < -0.4 is 5.32 Å². The zero-order valence-electron chi connectivity index (χ0n) is 14.5. The number of hydrogen-bond donors (Lipinski definition) is 1. The Bertz CT molecular complexity index is 726. The van der Waals surface area contributed by atoms with Gasteiger partial charge in [-0.2, -0.15) is 0 Å². The summed E-state index contributed by atoms with van der Waals surface area (Å²) < 4.78 is 0. The molecule has 1 heterocycles. The van der Waals surface area contributed by atoms with Crippen LogP contribution in [0, 0.1) is 13.8 Å². The predicted molar refractivity (Wildman–Crippen MR) is 97.0 cm³/mol. The summed E-state index contributed by atoms with van der Waals surface area (Å²) in [6.07, 6.45) is 10.5. The van der Waals surface area contributed by atoms with Crippen LogP contribution in [-0.2, 0) is 19.4 Å². The van der Waals surface area contributed by atoms with Gasteiger partial charge in [0.15, 0.2) is 0 Å². The molecule has 2 aromatic rings. The highest BCUT2D eigenvalue weighted by atomic mass is 14.9. The first-order valence-electron chi connectivity index (χ1n) is 9.37. The summed E-state index contributed by atoms with van der Waals surface area (Å²) in [5, 5.41) is 5.25. The topological polar surface area (TPSA) is 24.9 Å². The zero-order valence-corrected chi connectivity index (χ0v) is 14.5. The molecule has 122 valence electrons. The second-order valence-corrected chi connectivity index (χ2v) is 7.56. The third-order valence-electron chi connectivity index (χ3n) is 5.74. The molecule has 2 nitrogen and oxygen atoms in total. The van der Waals surface area contributed by atoms with Gasteiger partial charge in [-0.05, 0) is 75.1 Å². The van der Waals surface area contributed by atoms with Gasteiger partial charge in [-0.15, -0.1) is 0 Å². The zero-order chi connectivity index (χ0) is 15.8. The van der Waals surface area contributed by atoms with E-state index in [1.807, 2.05) is 0 Å². The molecule has 1 aromatic heterocycles. The van der Waals surface area contributed by atoms with Crippen LogP contribution in [0.25, 0.3) is 10.9 Å². The fourth-order valence-electron chi connectivity index (χ4n) is 4.55. The monoisotopic (exact) mass is 308 g/mol. The molecule has 0 bridgehead atoms. The van der Waals surface area contributed by atoms with Crippen molar-refractivity contribution in [2.45, 2.75) is 77.8 Å². The summed E-state index contributed by atoms with van der Waals surface area (Å²) in [7, 11) is 0. The number of aryl methyl sites for hydroxylation is 3. The lowest BCUT2D eigenvalue weighted by Gasteiger charge is -2.23. The molecule has 2 aliphatic rings. The van der Waals surface area contributed by atoms with Crippen molar-refractivity contribution in [1.29, 1.82) is 0 Å². The number of benzene rings is 1. The maximum atomic E-state index is 5.07. The van der Waals surface area contributed by atoms with Gasteiger partial charge >= 0.3 is 0 Å². The molecule has 2 heteroatoms. The van der Waals surface area contributed by atoms with Crippen molar-refractivity contribution in [2.24, 2.45) is 0 Å². The summed E-state index contributed by atoms with van der Waals surface area (Å²) in [4.78, 5) is 5.07. The van der Waals surface area contributed by atoms with Gasteiger partial charge in [0.1, 0.15) is 0 Å². The Balaban J connectivity index is 1.80. The highest BCUT2D eigenvalue weighted by Gasteiger charge is 2.21. The van der Waals surface area contributed by atoms with E-state index >= 15 is 0 Å². The Hall–Kier alpha value is -1.41. The first-order valence-corrected chi connectivity index (χ1v) is 9.37. The van der Waals surface area contributed by atoms with E-state index in [9.17, 15) is 0 Å². The molecule has 0 radical (unpaired) electrons. The molecule has 4 rings (SSSR count). The number of nitrogens with zero attached hydrogens (tertiary/aromatic N) is 1. The second-order valence-electron chi connectivity index (χ2n) is 7.56. The Morgan fingerprint density at radius 2 is 1.83 bits per heavy atom. The average molecular weight is 308 g/mol. The molecule has 0 atom stereocenters. The van der Waals surface area contributed by atoms with E-state index in [1.165, 1.54) is 72.7 Å². The first kappa shape index (κ1) is 15.1. The summed E-state index contributed by atoms with van der Waals surface area (Å²) in [6.45, 7) is 5.45. The van der Waals surface area contributed by atoms with Crippen molar-refractivity contribution in [2.75, 3.05) is 0 Å². The van der Waals surface area contributed by atoms with Crippen molar-refractivity contribution in [3.63, 3.8) is 0 Å². The summed E-state index contributed by atoms with van der Waals surface area (Å²) >= 11 is 0. The second kappa shape index (κ2) is 6.24. The van der Waals surface area contributed by atoms with Gasteiger partial charge in [-0.3, -0.25) is 4.98 Å². The Morgan fingerprint density at radius 1 is 1.04 bits per heavy atom. The third kappa shape index (κ3) is 2.89. The minimum absolute atomic E-state index is 0.725. The number of pyridine rings is 1. The van der Waals surface area contributed by atoms with E-state index in [0.717, 1.165) is 19.0 Å². The van der Waals surface area contributed by atoms with Crippen molar-refractivity contribution in [3.8, 4) is 0 Å². The standard InChI is InChI=1S/C21H28N2/c1-14-11-15(2)21-18(12-14)19(13-22-16-7-3-4-8-16)17-9-5-6-10-20(17)23-21/h11-12,16,22H,3-10,13H2,1-2H3. The largest absolute Gasteiger partial charge is 0.310 e. The van der Waals surface area contributed by atoms with E-state index in [4.69, 9.17) is 4.98 Å². The highest BCUT2D eigenvalue weighted by Crippen LogP contribution is 2.32. The number of nitrogens with one attached hydrogen (secondary N) is 1. The van der Waals surface area contributed by atoms with E-state index in [0.29, 0.717) is 0 Å². The van der Waals surface area contributed by atoms with Crippen LogP contribution in [0.15, 0.2) is 12.1 Å². The van der Waals surface area contributed by atoms with Gasteiger partial charge in [0.2, 0.25) is 0 Å². The maximum absolute atomic E-state index is 5.07. The van der Waals surface area contributed by atoms with Crippen LogP contribution in [0.2, 0.25) is 0 Å². The number of aromatic nitrogens is 1. The summed E-state index contributed by atoms with van der Waals surface area (Å²) in [6, 6.07) is 5.36. The van der Waals surface area contributed by atoms with E-state index in [-0.39, 0.29) is 0 Å². The van der Waals surface area contributed by atoms with Crippen LogP contribution in [0.5, 0.6) is 0 Å². The van der Waals surface area contributed by atoms with Gasteiger partial charge in [0.05, 0.1) is 5.52 Å². The van der Waals surface area contributed by atoms with E-state index < -0.39 is 0 Å². The van der Waals surface area contributed by atoms with Gasteiger partial charge in [-0.25, -0.2) is 0 Å². The van der Waals surface area contributed by atoms with Crippen molar-refractivity contribution >= 4 is 10.9 Å². The van der Waals surface area contributed by atoms with Crippen LogP contribution in [0.4, 0.5) is 0 Å². The summed E-state index contributed by atoms with van der Waals surface area (Å²) in [5.41, 5.74) is 8.39. The van der Waals surface area contributed by atoms with E-state index in [1.54, 1.807) is 11.1 Å². The van der Waals surface area contributed by atoms with E-state index in [2.05, 4.69) is 31.3 Å². The average Bonchev–Trinajstić information content (AvgIpc) is 3.05. The van der Waals surface area contributed by atoms with Crippen molar-refractivity contribution < 1.29 is 0 Å². The van der Waals surface area contributed by atoms with Crippen LogP contribution >= 0.6 is 0 Å². The molecule has 1 aromatic carbocycles. The molecule has 23 heavy (non-hydrogen) atoms. The smallest absolute Gasteiger partial charge is 0.0738 e. The van der Waals surface area contributed by atoms with Crippen molar-refractivity contribution in [1.82, 2.24) is 10.3 Å². The lowest BCUT2D eigenvalue weighted by Crippen LogP contribution is -2.26. The summed E-state index contributed by atoms with van der Waals surface area (Å²) in [5.74, 6) is 0. The highest BCUT2D eigenvalue weighted by molar-refractivity contribution is 5.87. The fourth-order valence-corrected chi connectivity index (χ4v) is 4.55. The maximum Gasteiger partial charge on any atom is 0.0738 e. The van der Waals surface area contributed by atoms with Crippen LogP contribution in [0.1, 0.15) is 66.5 Å². The molecular weight excluding hydrogens is 280 g/mol. The normalized spacial score (nSPS) is 18.5. The fraction of sp³-hybridized carbons (Fsp3) is 0.571. The quantitative estimate of drug-likeness (QED) is 0.884. The molecule has 1 fully saturated rings. The SMILES string of the molecule is Cc1cc(C)c2nc3c(c(CNC4CCCC4)c2c1)CCCC3. The molecule has 1 N–H and O–H groups in total. The molecule has 0 saturated heterocycles. The lowest BCUT2D eigenvalue weighted by molar-refractivity contribution is 0.521. The Labute approximate surface area is 139 Å². The Morgan fingerprint density at radius 3 is 2.65 bits per heavy atom. The van der Waals surface area contributed by atoms with Gasteiger partial charge < -0.3 is 5.32 Å². The Kier molecular flexibility index (Phi) is 4.11. The van der Waals surface area contributed by atoms with Crippen molar-refractivity contribution in [3.05, 3.63) is 40.1 Å². The minimum atomic E-state index is 0.725. The molecule has 0 unspecified atom stereocenters. The number of rotatable bonds is 3. The molecule has 0 spiro atoms. The molecule has 2 aliphatic carbocycles. The van der Waals surface area contributed by atoms with Gasteiger partial charge in [0.25, 0.3) is 0 Å². The number of fused-ring (bicyclic) bond motifs is 2. The molecule has 1 saturated carbocycles. The predicted octanol–water partition coefficient (Wildman–Crippen LogP) is 4.76. The number of hydrogen-bond acceptors (Lipinski definition) is 2. The first-order chi connectivity index (χ1) is 11.2. The van der Waals surface area contributed by atoms with Gasteiger partial charge in [0, 0.05) is 23.7 Å². The molecule has 0 aliphatic heterocycles. The third-order valence-corrected chi connectivity index (χ3v) is 5.74.